The number of nitrogens with zero attached hydrogens (tertiary/aromatic N) is 1. The normalized spacial score (nSPS) is 16.1. The average molecular weight is 444 g/mol. The molecule has 0 spiro atoms. The Hall–Kier alpha value is -2.72. The van der Waals surface area contributed by atoms with Gasteiger partial charge < -0.3 is 19.3 Å². The SMILES string of the molecule is CCOC(=O)C(C)N1C(=O)S/C(=C\c2cc(Cl)c(OCC(=O)O)c(OC)c2)C1=O. The zero-order valence-corrected chi connectivity index (χ0v) is 17.3. The zero-order chi connectivity index (χ0) is 21.7. The number of aliphatic carboxylic acids is 1. The van der Waals surface area contributed by atoms with E-state index in [4.69, 9.17) is 30.9 Å². The van der Waals surface area contributed by atoms with Crippen molar-refractivity contribution >= 4 is 52.5 Å². The molecule has 1 fully saturated rings. The number of carbonyl (C=O) groups is 4. The molecule has 1 saturated heterocycles. The molecule has 2 rings (SSSR count). The van der Waals surface area contributed by atoms with Crippen LogP contribution >= 0.6 is 23.4 Å². The maximum absolute atomic E-state index is 12.6. The number of thioether (sulfide) groups is 1. The Morgan fingerprint density at radius 3 is 2.62 bits per heavy atom. The minimum atomic E-state index is -1.18. The van der Waals surface area contributed by atoms with Crippen LogP contribution in [0.15, 0.2) is 17.0 Å². The van der Waals surface area contributed by atoms with Crippen molar-refractivity contribution in [3.8, 4) is 11.5 Å². The molecule has 0 bridgehead atoms. The fourth-order valence-electron chi connectivity index (χ4n) is 2.43. The standard InChI is InChI=1S/C18H18ClNO8S/c1-4-27-17(24)9(2)20-16(23)13(29-18(20)25)7-10-5-11(19)15(12(6-10)26-3)28-8-14(21)22/h5-7,9H,4,8H2,1-3H3,(H,21,22)/b13-7-. The van der Waals surface area contributed by atoms with E-state index in [0.29, 0.717) is 17.3 Å². The van der Waals surface area contributed by atoms with Crippen molar-refractivity contribution in [2.45, 2.75) is 19.9 Å². The van der Waals surface area contributed by atoms with Crippen LogP contribution in [-0.4, -0.2) is 59.5 Å². The Labute approximate surface area is 175 Å². The van der Waals surface area contributed by atoms with Crippen LogP contribution in [0.3, 0.4) is 0 Å². The summed E-state index contributed by atoms with van der Waals surface area (Å²) in [6, 6.07) is 1.86. The highest BCUT2D eigenvalue weighted by Crippen LogP contribution is 2.39. The van der Waals surface area contributed by atoms with E-state index >= 15 is 0 Å². The van der Waals surface area contributed by atoms with Gasteiger partial charge in [-0.2, -0.15) is 0 Å². The molecule has 1 N–H and O–H groups in total. The second-order valence-corrected chi connectivity index (χ2v) is 7.10. The molecule has 1 aromatic carbocycles. The molecule has 11 heteroatoms. The monoisotopic (exact) mass is 443 g/mol. The lowest BCUT2D eigenvalue weighted by atomic mass is 10.1. The number of carboxylic acids is 1. The summed E-state index contributed by atoms with van der Waals surface area (Å²) in [6.45, 7) is 2.55. The topological polar surface area (TPSA) is 119 Å². The van der Waals surface area contributed by atoms with Gasteiger partial charge >= 0.3 is 11.9 Å². The lowest BCUT2D eigenvalue weighted by Crippen LogP contribution is -2.42. The third-order valence-corrected chi connectivity index (χ3v) is 4.89. The molecule has 1 unspecified atom stereocenters. The van der Waals surface area contributed by atoms with E-state index in [9.17, 15) is 19.2 Å². The van der Waals surface area contributed by atoms with Gasteiger partial charge in [0, 0.05) is 0 Å². The number of hydrogen-bond acceptors (Lipinski definition) is 8. The van der Waals surface area contributed by atoms with Crippen molar-refractivity contribution in [3.05, 3.63) is 27.6 Å². The van der Waals surface area contributed by atoms with Gasteiger partial charge in [0.05, 0.1) is 23.6 Å². The smallest absolute Gasteiger partial charge is 0.341 e. The maximum atomic E-state index is 12.6. The third kappa shape index (κ3) is 5.21. The molecule has 0 aliphatic carbocycles. The summed E-state index contributed by atoms with van der Waals surface area (Å²) in [4.78, 5) is 48.3. The van der Waals surface area contributed by atoms with E-state index in [1.807, 2.05) is 0 Å². The molecule has 1 aliphatic heterocycles. The highest BCUT2D eigenvalue weighted by molar-refractivity contribution is 8.18. The van der Waals surface area contributed by atoms with Crippen molar-refractivity contribution in [2.75, 3.05) is 20.3 Å². The van der Waals surface area contributed by atoms with E-state index in [1.54, 1.807) is 6.92 Å². The first-order chi connectivity index (χ1) is 13.7. The number of carboxylic acid groups (broad SMARTS) is 1. The molecule has 0 saturated carbocycles. The average Bonchev–Trinajstić information content (AvgIpc) is 2.93. The number of amides is 2. The summed E-state index contributed by atoms with van der Waals surface area (Å²) in [5.41, 5.74) is 0.420. The first kappa shape index (κ1) is 22.6. The van der Waals surface area contributed by atoms with Crippen LogP contribution in [0, 0.1) is 0 Å². The Morgan fingerprint density at radius 1 is 1.34 bits per heavy atom. The van der Waals surface area contributed by atoms with Crippen LogP contribution in [0.5, 0.6) is 11.5 Å². The number of imide groups is 1. The van der Waals surface area contributed by atoms with E-state index in [-0.39, 0.29) is 28.0 Å². The molecule has 9 nitrogen and oxygen atoms in total. The molecule has 1 aliphatic rings. The van der Waals surface area contributed by atoms with Crippen molar-refractivity contribution in [3.63, 3.8) is 0 Å². The minimum Gasteiger partial charge on any atom is -0.493 e. The highest BCUT2D eigenvalue weighted by Gasteiger charge is 2.41. The van der Waals surface area contributed by atoms with Gasteiger partial charge in [-0.25, -0.2) is 9.59 Å². The van der Waals surface area contributed by atoms with Crippen LogP contribution in [0.4, 0.5) is 4.79 Å². The van der Waals surface area contributed by atoms with Crippen molar-refractivity contribution < 1.29 is 38.5 Å². The molecule has 2 amide bonds. The van der Waals surface area contributed by atoms with Gasteiger partial charge in [-0.05, 0) is 49.4 Å². The van der Waals surface area contributed by atoms with Crippen molar-refractivity contribution in [2.24, 2.45) is 0 Å². The molecule has 0 aromatic heterocycles. The van der Waals surface area contributed by atoms with Crippen LogP contribution in [0.25, 0.3) is 6.08 Å². The predicted molar refractivity (Wildman–Crippen MR) is 105 cm³/mol. The Kier molecular flexibility index (Phi) is 7.52. The van der Waals surface area contributed by atoms with Crippen LogP contribution in [0.1, 0.15) is 19.4 Å². The fourth-order valence-corrected chi connectivity index (χ4v) is 3.61. The fraction of sp³-hybridized carbons (Fsp3) is 0.333. The summed E-state index contributed by atoms with van der Waals surface area (Å²) in [5.74, 6) is -2.30. The lowest BCUT2D eigenvalue weighted by molar-refractivity contribution is -0.150. The van der Waals surface area contributed by atoms with Crippen molar-refractivity contribution in [1.29, 1.82) is 0 Å². The van der Waals surface area contributed by atoms with Crippen LogP contribution in [0.2, 0.25) is 5.02 Å². The number of benzene rings is 1. The summed E-state index contributed by atoms with van der Waals surface area (Å²) in [5, 5.41) is 8.21. The van der Waals surface area contributed by atoms with E-state index in [2.05, 4.69) is 0 Å². The largest absolute Gasteiger partial charge is 0.493 e. The number of halogens is 1. The van der Waals surface area contributed by atoms with Gasteiger partial charge in [0.25, 0.3) is 11.1 Å². The second-order valence-electron chi connectivity index (χ2n) is 5.70. The van der Waals surface area contributed by atoms with Crippen LogP contribution in [-0.2, 0) is 19.1 Å². The molecule has 0 radical (unpaired) electrons. The number of hydrogen-bond donors (Lipinski definition) is 1. The van der Waals surface area contributed by atoms with Gasteiger partial charge in [-0.15, -0.1) is 0 Å². The second kappa shape index (κ2) is 9.66. The zero-order valence-electron chi connectivity index (χ0n) is 15.8. The van der Waals surface area contributed by atoms with Gasteiger partial charge in [0.2, 0.25) is 0 Å². The van der Waals surface area contributed by atoms with Gasteiger partial charge in [-0.3, -0.25) is 14.5 Å². The van der Waals surface area contributed by atoms with Gasteiger partial charge in [0.15, 0.2) is 18.1 Å². The Bertz CT molecular complexity index is 885. The minimum absolute atomic E-state index is 0.0396. The van der Waals surface area contributed by atoms with Crippen LogP contribution < -0.4 is 9.47 Å². The number of rotatable bonds is 8. The molecular formula is C18H18ClNO8S. The summed E-state index contributed by atoms with van der Waals surface area (Å²) < 4.78 is 15.1. The number of carbonyl (C=O) groups excluding carboxylic acids is 3. The lowest BCUT2D eigenvalue weighted by Gasteiger charge is -2.19. The molecule has 1 heterocycles. The van der Waals surface area contributed by atoms with Gasteiger partial charge in [0.1, 0.15) is 6.04 Å². The summed E-state index contributed by atoms with van der Waals surface area (Å²) in [6.07, 6.45) is 1.41. The molecule has 156 valence electrons. The maximum Gasteiger partial charge on any atom is 0.341 e. The molecule has 1 aromatic rings. The summed E-state index contributed by atoms with van der Waals surface area (Å²) >= 11 is 6.82. The third-order valence-electron chi connectivity index (χ3n) is 3.73. The predicted octanol–water partition coefficient (Wildman–Crippen LogP) is 2.80. The molecular weight excluding hydrogens is 426 g/mol. The quantitative estimate of drug-likeness (QED) is 0.477. The number of ether oxygens (including phenoxy) is 3. The first-order valence-electron chi connectivity index (χ1n) is 8.35. The van der Waals surface area contributed by atoms with E-state index in [1.165, 1.54) is 32.2 Å². The Morgan fingerprint density at radius 2 is 2.03 bits per heavy atom. The number of esters is 1. The molecule has 1 atom stereocenters. The first-order valence-corrected chi connectivity index (χ1v) is 9.54. The molecule has 29 heavy (non-hydrogen) atoms. The van der Waals surface area contributed by atoms with Gasteiger partial charge in [-0.1, -0.05) is 11.6 Å². The highest BCUT2D eigenvalue weighted by atomic mass is 35.5. The van der Waals surface area contributed by atoms with E-state index in [0.717, 1.165) is 4.90 Å². The summed E-state index contributed by atoms with van der Waals surface area (Å²) in [7, 11) is 1.35. The Balaban J connectivity index is 2.31. The number of methoxy groups -OCH3 is 1. The van der Waals surface area contributed by atoms with Crippen molar-refractivity contribution in [1.82, 2.24) is 4.90 Å². The van der Waals surface area contributed by atoms with E-state index < -0.39 is 35.7 Å².